The molecule has 3 aromatic heterocycles. The summed E-state index contributed by atoms with van der Waals surface area (Å²) in [7, 11) is 6.05. The van der Waals surface area contributed by atoms with Crippen LogP contribution in [-0.2, 0) is 13.1 Å². The van der Waals surface area contributed by atoms with Crippen LogP contribution in [0.25, 0.3) is 5.47 Å². The standard InChI is InChI=1S/C22H25BN6S/c23-19(11-24)22-27-20(10-21(28-22)26-13-16-4-1-7-25-12-16)17-5-2-8-29(14-17)15-18-6-3-9-30-18/h1,3-4,6-7,9-12,17H,2,5,8,13-15,24H2,(H,26,27,28). The molecule has 1 aliphatic rings. The van der Waals surface area contributed by atoms with Crippen LogP contribution >= 0.6 is 11.3 Å². The zero-order chi connectivity index (χ0) is 20.8. The van der Waals surface area contributed by atoms with Gasteiger partial charge in [-0.25, -0.2) is 9.97 Å². The van der Waals surface area contributed by atoms with E-state index < -0.39 is 0 Å². The molecule has 0 saturated carbocycles. The van der Waals surface area contributed by atoms with Gasteiger partial charge in [-0.15, -0.1) is 11.3 Å². The molecule has 3 N–H and O–H groups in total. The van der Waals surface area contributed by atoms with Crippen molar-refractivity contribution in [2.45, 2.75) is 31.8 Å². The summed E-state index contributed by atoms with van der Waals surface area (Å²) in [6.45, 7) is 3.71. The average molecular weight is 416 g/mol. The number of nitrogens with one attached hydrogen (secondary N) is 1. The van der Waals surface area contributed by atoms with E-state index in [1.807, 2.05) is 35.7 Å². The Morgan fingerprint density at radius 1 is 1.33 bits per heavy atom. The number of nitrogens with two attached hydrogens (primary N) is 1. The molecule has 3 aromatic rings. The lowest BCUT2D eigenvalue weighted by atomic mass is 9.92. The van der Waals surface area contributed by atoms with E-state index in [1.165, 1.54) is 11.1 Å². The van der Waals surface area contributed by atoms with E-state index in [9.17, 15) is 0 Å². The SMILES string of the molecule is [B]C(=CN)c1nc(NCc2cccnc2)cc(C2CCCN(Cc3cccs3)C2)n1. The van der Waals surface area contributed by atoms with Gasteiger partial charge in [0.2, 0.25) is 0 Å². The molecule has 0 aromatic carbocycles. The van der Waals surface area contributed by atoms with Crippen molar-refractivity contribution in [3.05, 3.63) is 76.3 Å². The summed E-state index contributed by atoms with van der Waals surface area (Å²) < 4.78 is 0. The van der Waals surface area contributed by atoms with Crippen LogP contribution in [0.4, 0.5) is 5.82 Å². The van der Waals surface area contributed by atoms with Crippen molar-refractivity contribution in [1.82, 2.24) is 19.9 Å². The monoisotopic (exact) mass is 416 g/mol. The third-order valence-corrected chi connectivity index (χ3v) is 6.12. The number of thiophene rings is 1. The zero-order valence-electron chi connectivity index (χ0n) is 16.9. The van der Waals surface area contributed by atoms with Crippen molar-refractivity contribution in [3.63, 3.8) is 0 Å². The quantitative estimate of drug-likeness (QED) is 0.575. The Labute approximate surface area is 182 Å². The minimum Gasteiger partial charge on any atom is -0.405 e. The largest absolute Gasteiger partial charge is 0.405 e. The predicted molar refractivity (Wildman–Crippen MR) is 123 cm³/mol. The highest BCUT2D eigenvalue weighted by molar-refractivity contribution is 7.09. The van der Waals surface area contributed by atoms with Gasteiger partial charge in [0.05, 0.1) is 5.69 Å². The smallest absolute Gasteiger partial charge is 0.148 e. The first-order valence-electron chi connectivity index (χ1n) is 10.2. The van der Waals surface area contributed by atoms with E-state index in [-0.39, 0.29) is 0 Å². The second kappa shape index (κ2) is 9.87. The number of pyridine rings is 1. The number of aromatic nitrogens is 3. The van der Waals surface area contributed by atoms with Crippen LogP contribution in [0.2, 0.25) is 0 Å². The number of hydrogen-bond donors (Lipinski definition) is 2. The van der Waals surface area contributed by atoms with Gasteiger partial charge in [0.15, 0.2) is 0 Å². The van der Waals surface area contributed by atoms with Crippen molar-refractivity contribution in [3.8, 4) is 0 Å². The summed E-state index contributed by atoms with van der Waals surface area (Å²) in [5.41, 5.74) is 8.12. The molecule has 1 unspecified atom stereocenters. The molecular weight excluding hydrogens is 391 g/mol. The van der Waals surface area contributed by atoms with Gasteiger partial charge in [-0.05, 0) is 54.1 Å². The highest BCUT2D eigenvalue weighted by Gasteiger charge is 2.24. The molecule has 1 saturated heterocycles. The summed E-state index contributed by atoms with van der Waals surface area (Å²) in [4.78, 5) is 17.4. The Morgan fingerprint density at radius 3 is 3.03 bits per heavy atom. The fraction of sp³-hybridized carbons (Fsp3) is 0.318. The van der Waals surface area contributed by atoms with E-state index in [4.69, 9.17) is 18.6 Å². The number of hydrogen-bond acceptors (Lipinski definition) is 7. The second-order valence-corrected chi connectivity index (χ2v) is 8.52. The fourth-order valence-electron chi connectivity index (χ4n) is 3.73. The van der Waals surface area contributed by atoms with Gasteiger partial charge in [-0.3, -0.25) is 9.88 Å². The van der Waals surface area contributed by atoms with Crippen molar-refractivity contribution in [1.29, 1.82) is 0 Å². The molecule has 6 nitrogen and oxygen atoms in total. The highest BCUT2D eigenvalue weighted by Crippen LogP contribution is 2.29. The Bertz CT molecular complexity index is 977. The van der Waals surface area contributed by atoms with E-state index >= 15 is 0 Å². The van der Waals surface area contributed by atoms with Crippen LogP contribution in [-0.4, -0.2) is 40.8 Å². The Morgan fingerprint density at radius 2 is 2.27 bits per heavy atom. The molecule has 152 valence electrons. The molecular formula is C22H25BN6S. The highest BCUT2D eigenvalue weighted by atomic mass is 32.1. The van der Waals surface area contributed by atoms with E-state index in [1.54, 1.807) is 6.20 Å². The topological polar surface area (TPSA) is 80.0 Å². The summed E-state index contributed by atoms with van der Waals surface area (Å²) >= 11 is 1.81. The first kappa shape index (κ1) is 20.6. The van der Waals surface area contributed by atoms with Crippen molar-refractivity contribution in [2.24, 2.45) is 5.73 Å². The number of nitrogens with zero attached hydrogens (tertiary/aromatic N) is 4. The molecule has 30 heavy (non-hydrogen) atoms. The summed E-state index contributed by atoms with van der Waals surface area (Å²) in [6.07, 6.45) is 7.21. The Hall–Kier alpha value is -2.71. The van der Waals surface area contributed by atoms with Crippen LogP contribution in [0.3, 0.4) is 0 Å². The number of piperidine rings is 1. The lowest BCUT2D eigenvalue weighted by molar-refractivity contribution is 0.200. The van der Waals surface area contributed by atoms with E-state index in [2.05, 4.69) is 37.7 Å². The van der Waals surface area contributed by atoms with Crippen LogP contribution in [0.5, 0.6) is 0 Å². The Balaban J connectivity index is 1.53. The molecule has 0 spiro atoms. The molecule has 4 rings (SSSR count). The van der Waals surface area contributed by atoms with E-state index in [0.717, 1.165) is 49.6 Å². The fourth-order valence-corrected chi connectivity index (χ4v) is 4.47. The van der Waals surface area contributed by atoms with Gasteiger partial charge in [-0.2, -0.15) is 0 Å². The third-order valence-electron chi connectivity index (χ3n) is 5.26. The molecule has 8 heteroatoms. The predicted octanol–water partition coefficient (Wildman–Crippen LogP) is 3.35. The lowest BCUT2D eigenvalue weighted by Crippen LogP contribution is -2.34. The van der Waals surface area contributed by atoms with Crippen LogP contribution < -0.4 is 11.1 Å². The first-order chi connectivity index (χ1) is 14.7. The van der Waals surface area contributed by atoms with Crippen LogP contribution in [0.15, 0.2) is 54.3 Å². The molecule has 0 aliphatic carbocycles. The summed E-state index contributed by atoms with van der Waals surface area (Å²) in [5, 5.41) is 5.52. The number of anilines is 1. The maximum atomic E-state index is 6.05. The van der Waals surface area contributed by atoms with Gasteiger partial charge in [0.1, 0.15) is 19.5 Å². The lowest BCUT2D eigenvalue weighted by Gasteiger charge is -2.32. The minimum absolute atomic E-state index is 0.338. The molecule has 4 heterocycles. The summed E-state index contributed by atoms with van der Waals surface area (Å²) in [5.74, 6) is 1.56. The van der Waals surface area contributed by atoms with Crippen molar-refractivity contribution >= 4 is 30.5 Å². The van der Waals surface area contributed by atoms with Crippen molar-refractivity contribution < 1.29 is 0 Å². The third kappa shape index (κ3) is 5.26. The summed E-state index contributed by atoms with van der Waals surface area (Å²) in [6, 6.07) is 10.3. The van der Waals surface area contributed by atoms with Gasteiger partial charge >= 0.3 is 0 Å². The first-order valence-corrected chi connectivity index (χ1v) is 11.0. The molecule has 2 radical (unpaired) electrons. The second-order valence-electron chi connectivity index (χ2n) is 7.49. The maximum absolute atomic E-state index is 6.05. The molecule has 0 bridgehead atoms. The number of likely N-dealkylation sites (tertiary alicyclic amines) is 1. The van der Waals surface area contributed by atoms with Crippen molar-refractivity contribution in [2.75, 3.05) is 18.4 Å². The Kier molecular flexibility index (Phi) is 6.76. The molecule has 1 aliphatic heterocycles. The van der Waals surface area contributed by atoms with Gasteiger partial charge in [0, 0.05) is 48.9 Å². The van der Waals surface area contributed by atoms with Gasteiger partial charge in [-0.1, -0.05) is 12.1 Å². The van der Waals surface area contributed by atoms with Gasteiger partial charge < -0.3 is 11.1 Å². The maximum Gasteiger partial charge on any atom is 0.148 e. The average Bonchev–Trinajstić information content (AvgIpc) is 3.31. The van der Waals surface area contributed by atoms with Gasteiger partial charge in [0.25, 0.3) is 0 Å². The number of rotatable bonds is 7. The molecule has 1 atom stereocenters. The minimum atomic E-state index is 0.338. The normalized spacial score (nSPS) is 17.7. The zero-order valence-corrected chi connectivity index (χ0v) is 17.7. The molecule has 1 fully saturated rings. The molecule has 0 amide bonds. The van der Waals surface area contributed by atoms with Crippen LogP contribution in [0, 0.1) is 0 Å². The van der Waals surface area contributed by atoms with Crippen LogP contribution in [0.1, 0.15) is 40.7 Å². The van der Waals surface area contributed by atoms with E-state index in [0.29, 0.717) is 23.8 Å².